The van der Waals surface area contributed by atoms with Gasteiger partial charge in [0.15, 0.2) is 0 Å². The quantitative estimate of drug-likeness (QED) is 0.763. The highest BCUT2D eigenvalue weighted by molar-refractivity contribution is 6.05. The smallest absolute Gasteiger partial charge is 0.250 e. The molecule has 1 amide bonds. The molecule has 4 nitrogen and oxygen atoms in total. The van der Waals surface area contributed by atoms with Gasteiger partial charge < -0.3 is 11.1 Å². The van der Waals surface area contributed by atoms with E-state index in [9.17, 15) is 4.79 Å². The van der Waals surface area contributed by atoms with Crippen LogP contribution in [0.3, 0.4) is 0 Å². The van der Waals surface area contributed by atoms with E-state index in [1.807, 2.05) is 48.5 Å². The molecule has 0 aliphatic carbocycles. The van der Waals surface area contributed by atoms with Crippen LogP contribution in [0.4, 0.5) is 11.5 Å². The molecule has 3 rings (SSSR count). The van der Waals surface area contributed by atoms with Crippen LogP contribution in [-0.4, -0.2) is 10.9 Å². The number of hydrogen-bond donors (Lipinski definition) is 2. The lowest BCUT2D eigenvalue weighted by Gasteiger charge is -2.08. The average Bonchev–Trinajstić information content (AvgIpc) is 2.47. The molecule has 0 unspecified atom stereocenters. The Kier molecular flexibility index (Phi) is 3.05. The first kappa shape index (κ1) is 12.2. The number of aromatic nitrogens is 1. The molecule has 0 aliphatic heterocycles. The van der Waals surface area contributed by atoms with Gasteiger partial charge in [-0.2, -0.15) is 0 Å². The van der Waals surface area contributed by atoms with Gasteiger partial charge in [0.25, 0.3) is 5.91 Å². The van der Waals surface area contributed by atoms with Crippen LogP contribution in [0.2, 0.25) is 0 Å². The molecular weight excluding hydrogens is 250 g/mol. The van der Waals surface area contributed by atoms with Crippen molar-refractivity contribution in [3.05, 3.63) is 66.2 Å². The molecule has 0 saturated carbocycles. The molecule has 2 aromatic carbocycles. The number of para-hydroxylation sites is 2. The minimum atomic E-state index is -0.472. The highest BCUT2D eigenvalue weighted by atomic mass is 16.1. The predicted molar refractivity (Wildman–Crippen MR) is 80.0 cm³/mol. The number of anilines is 2. The number of pyridine rings is 1. The maximum absolute atomic E-state index is 11.4. The molecule has 3 aromatic rings. The highest BCUT2D eigenvalue weighted by Crippen LogP contribution is 2.21. The number of benzene rings is 2. The van der Waals surface area contributed by atoms with Crippen LogP contribution in [0.5, 0.6) is 0 Å². The fourth-order valence-electron chi connectivity index (χ4n) is 2.08. The van der Waals surface area contributed by atoms with Crippen molar-refractivity contribution in [1.29, 1.82) is 0 Å². The number of nitrogens with one attached hydrogen (secondary N) is 1. The summed E-state index contributed by atoms with van der Waals surface area (Å²) in [5.41, 5.74) is 7.37. The first-order valence-corrected chi connectivity index (χ1v) is 6.26. The number of amides is 1. The van der Waals surface area contributed by atoms with Crippen molar-refractivity contribution in [1.82, 2.24) is 4.98 Å². The zero-order valence-corrected chi connectivity index (χ0v) is 10.7. The SMILES string of the molecule is NC(=O)c1cccc2ccc(Nc3ccccc3)nc12. The number of carbonyl (C=O) groups excluding carboxylic acids is 1. The molecule has 1 aromatic heterocycles. The summed E-state index contributed by atoms with van der Waals surface area (Å²) in [5.74, 6) is 0.206. The van der Waals surface area contributed by atoms with Crippen LogP contribution >= 0.6 is 0 Å². The zero-order chi connectivity index (χ0) is 13.9. The van der Waals surface area contributed by atoms with E-state index in [0.29, 0.717) is 16.9 Å². The van der Waals surface area contributed by atoms with Crippen LogP contribution in [0.25, 0.3) is 10.9 Å². The fourth-order valence-corrected chi connectivity index (χ4v) is 2.08. The summed E-state index contributed by atoms with van der Waals surface area (Å²) in [6, 6.07) is 18.9. The molecule has 0 bridgehead atoms. The summed E-state index contributed by atoms with van der Waals surface area (Å²) in [6.07, 6.45) is 0. The summed E-state index contributed by atoms with van der Waals surface area (Å²) >= 11 is 0. The highest BCUT2D eigenvalue weighted by Gasteiger charge is 2.08. The second kappa shape index (κ2) is 5.01. The van der Waals surface area contributed by atoms with Gasteiger partial charge in [-0.25, -0.2) is 4.98 Å². The summed E-state index contributed by atoms with van der Waals surface area (Å²) in [5, 5.41) is 4.09. The molecule has 0 fully saturated rings. The van der Waals surface area contributed by atoms with E-state index in [4.69, 9.17) is 5.73 Å². The van der Waals surface area contributed by atoms with Crippen LogP contribution in [0.15, 0.2) is 60.7 Å². The van der Waals surface area contributed by atoms with Gasteiger partial charge in [-0.05, 0) is 30.3 Å². The number of primary amides is 1. The van der Waals surface area contributed by atoms with Crippen molar-refractivity contribution >= 4 is 28.3 Å². The first-order chi connectivity index (χ1) is 9.74. The number of carbonyl (C=O) groups is 1. The Morgan fingerprint density at radius 3 is 2.50 bits per heavy atom. The van der Waals surface area contributed by atoms with Gasteiger partial charge in [-0.15, -0.1) is 0 Å². The molecule has 0 aliphatic rings. The van der Waals surface area contributed by atoms with Crippen molar-refractivity contribution in [2.45, 2.75) is 0 Å². The Labute approximate surface area is 116 Å². The molecule has 0 saturated heterocycles. The van der Waals surface area contributed by atoms with Crippen molar-refractivity contribution in [3.63, 3.8) is 0 Å². The maximum atomic E-state index is 11.4. The van der Waals surface area contributed by atoms with Crippen LogP contribution in [0.1, 0.15) is 10.4 Å². The lowest BCUT2D eigenvalue weighted by Crippen LogP contribution is -2.12. The van der Waals surface area contributed by atoms with Gasteiger partial charge in [0.05, 0.1) is 11.1 Å². The van der Waals surface area contributed by atoms with Gasteiger partial charge in [0.1, 0.15) is 5.82 Å². The third kappa shape index (κ3) is 2.31. The Morgan fingerprint density at radius 2 is 1.75 bits per heavy atom. The van der Waals surface area contributed by atoms with E-state index in [0.717, 1.165) is 11.1 Å². The molecule has 1 heterocycles. The fraction of sp³-hybridized carbons (Fsp3) is 0. The van der Waals surface area contributed by atoms with E-state index < -0.39 is 5.91 Å². The Bertz CT molecular complexity index is 769. The Balaban J connectivity index is 2.06. The van der Waals surface area contributed by atoms with E-state index in [2.05, 4.69) is 10.3 Å². The average molecular weight is 263 g/mol. The van der Waals surface area contributed by atoms with Gasteiger partial charge in [0.2, 0.25) is 0 Å². The standard InChI is InChI=1S/C16H13N3O/c17-16(20)13-8-4-5-11-9-10-14(19-15(11)13)18-12-6-2-1-3-7-12/h1-10H,(H2,17,20)(H,18,19). The van der Waals surface area contributed by atoms with Crippen molar-refractivity contribution < 1.29 is 4.79 Å². The normalized spacial score (nSPS) is 10.4. The molecule has 0 atom stereocenters. The number of fused-ring (bicyclic) bond motifs is 1. The lowest BCUT2D eigenvalue weighted by molar-refractivity contribution is 0.100. The topological polar surface area (TPSA) is 68.0 Å². The van der Waals surface area contributed by atoms with Gasteiger partial charge in [0, 0.05) is 11.1 Å². The molecule has 3 N–H and O–H groups in total. The first-order valence-electron chi connectivity index (χ1n) is 6.26. The van der Waals surface area contributed by atoms with Gasteiger partial charge in [-0.1, -0.05) is 30.3 Å². The second-order valence-corrected chi connectivity index (χ2v) is 4.43. The van der Waals surface area contributed by atoms with Crippen LogP contribution in [-0.2, 0) is 0 Å². The summed E-state index contributed by atoms with van der Waals surface area (Å²) < 4.78 is 0. The monoisotopic (exact) mass is 263 g/mol. The van der Waals surface area contributed by atoms with E-state index in [1.165, 1.54) is 0 Å². The van der Waals surface area contributed by atoms with E-state index in [-0.39, 0.29) is 0 Å². The minimum absolute atomic E-state index is 0.430. The molecular formula is C16H13N3O. The van der Waals surface area contributed by atoms with Crippen molar-refractivity contribution in [2.75, 3.05) is 5.32 Å². The lowest BCUT2D eigenvalue weighted by atomic mass is 10.1. The Morgan fingerprint density at radius 1 is 0.950 bits per heavy atom. The number of rotatable bonds is 3. The minimum Gasteiger partial charge on any atom is -0.366 e. The maximum Gasteiger partial charge on any atom is 0.250 e. The third-order valence-electron chi connectivity index (χ3n) is 3.03. The number of nitrogens with two attached hydrogens (primary N) is 1. The van der Waals surface area contributed by atoms with E-state index in [1.54, 1.807) is 12.1 Å². The van der Waals surface area contributed by atoms with Gasteiger partial charge >= 0.3 is 0 Å². The molecule has 20 heavy (non-hydrogen) atoms. The van der Waals surface area contributed by atoms with Crippen LogP contribution < -0.4 is 11.1 Å². The largest absolute Gasteiger partial charge is 0.366 e. The van der Waals surface area contributed by atoms with Crippen molar-refractivity contribution in [2.24, 2.45) is 5.73 Å². The predicted octanol–water partition coefficient (Wildman–Crippen LogP) is 3.08. The summed E-state index contributed by atoms with van der Waals surface area (Å²) in [6.45, 7) is 0. The number of hydrogen-bond acceptors (Lipinski definition) is 3. The summed E-state index contributed by atoms with van der Waals surface area (Å²) in [7, 11) is 0. The third-order valence-corrected chi connectivity index (χ3v) is 3.03. The Hall–Kier alpha value is -2.88. The summed E-state index contributed by atoms with van der Waals surface area (Å²) in [4.78, 5) is 15.9. The van der Waals surface area contributed by atoms with Crippen LogP contribution in [0, 0.1) is 0 Å². The van der Waals surface area contributed by atoms with E-state index >= 15 is 0 Å². The van der Waals surface area contributed by atoms with Gasteiger partial charge in [-0.3, -0.25) is 4.79 Å². The molecule has 0 spiro atoms. The number of nitrogens with zero attached hydrogens (tertiary/aromatic N) is 1. The second-order valence-electron chi connectivity index (χ2n) is 4.43. The molecule has 4 heteroatoms. The molecule has 0 radical (unpaired) electrons. The van der Waals surface area contributed by atoms with Crippen molar-refractivity contribution in [3.8, 4) is 0 Å². The molecule has 98 valence electrons. The zero-order valence-electron chi connectivity index (χ0n) is 10.7.